The lowest BCUT2D eigenvalue weighted by Crippen LogP contribution is -2.35. The van der Waals surface area contributed by atoms with E-state index in [4.69, 9.17) is 4.74 Å². The number of nitrogens with one attached hydrogen (secondary N) is 3. The molecule has 24 heavy (non-hydrogen) atoms. The predicted octanol–water partition coefficient (Wildman–Crippen LogP) is 2.17. The zero-order valence-corrected chi connectivity index (χ0v) is 14.5. The Hall–Kier alpha value is -1.59. The highest BCUT2D eigenvalue weighted by Gasteiger charge is 2.22. The summed E-state index contributed by atoms with van der Waals surface area (Å²) in [5, 5.41) is 3.05. The summed E-state index contributed by atoms with van der Waals surface area (Å²) in [5.41, 5.74) is 7.46. The quantitative estimate of drug-likeness (QED) is 0.717. The summed E-state index contributed by atoms with van der Waals surface area (Å²) in [6.07, 6.45) is 6.52. The van der Waals surface area contributed by atoms with Gasteiger partial charge in [0.25, 0.3) is 0 Å². The van der Waals surface area contributed by atoms with E-state index >= 15 is 0 Å². The lowest BCUT2D eigenvalue weighted by atomic mass is 10.0. The van der Waals surface area contributed by atoms with Crippen molar-refractivity contribution in [2.75, 3.05) is 13.1 Å². The van der Waals surface area contributed by atoms with Gasteiger partial charge in [0.05, 0.1) is 6.10 Å². The van der Waals surface area contributed by atoms with E-state index in [9.17, 15) is 4.79 Å². The van der Waals surface area contributed by atoms with Crippen molar-refractivity contribution in [3.8, 4) is 5.75 Å². The van der Waals surface area contributed by atoms with Crippen molar-refractivity contribution in [2.45, 2.75) is 57.6 Å². The number of hydrogen-bond acceptors (Lipinski definition) is 4. The van der Waals surface area contributed by atoms with Crippen LogP contribution in [-0.4, -0.2) is 31.1 Å². The standard InChI is InChI=1S/C19H29N3O2/c1-14-16(13-21-22-14)12-20-19(23)10-9-15-5-4-8-18(11-15)24-17-6-2-3-7-17/h4-5,8,11,14,16-17,21-22H,2-3,6-7,9-10,12-13H2,1H3,(H,20,23). The molecule has 0 bridgehead atoms. The fourth-order valence-electron chi connectivity index (χ4n) is 3.46. The molecule has 0 radical (unpaired) electrons. The minimum absolute atomic E-state index is 0.121. The second-order valence-electron chi connectivity index (χ2n) is 7.05. The molecular weight excluding hydrogens is 302 g/mol. The second-order valence-corrected chi connectivity index (χ2v) is 7.05. The predicted molar refractivity (Wildman–Crippen MR) is 94.7 cm³/mol. The molecular formula is C19H29N3O2. The summed E-state index contributed by atoms with van der Waals surface area (Å²) < 4.78 is 6.04. The van der Waals surface area contributed by atoms with Crippen LogP contribution in [0.15, 0.2) is 24.3 Å². The average molecular weight is 331 g/mol. The van der Waals surface area contributed by atoms with Crippen molar-refractivity contribution in [3.63, 3.8) is 0 Å². The normalized spacial score (nSPS) is 24.2. The Morgan fingerprint density at radius 2 is 2.17 bits per heavy atom. The Morgan fingerprint density at radius 1 is 1.33 bits per heavy atom. The Kier molecular flexibility index (Phi) is 6.10. The molecule has 2 fully saturated rings. The Morgan fingerprint density at radius 3 is 2.92 bits per heavy atom. The molecule has 1 heterocycles. The van der Waals surface area contributed by atoms with Gasteiger partial charge >= 0.3 is 0 Å². The monoisotopic (exact) mass is 331 g/mol. The van der Waals surface area contributed by atoms with E-state index in [1.165, 1.54) is 18.4 Å². The minimum atomic E-state index is 0.121. The van der Waals surface area contributed by atoms with Gasteiger partial charge in [-0.3, -0.25) is 15.6 Å². The molecule has 2 unspecified atom stereocenters. The van der Waals surface area contributed by atoms with Crippen LogP contribution in [0.1, 0.15) is 44.6 Å². The number of benzene rings is 1. The van der Waals surface area contributed by atoms with Crippen LogP contribution in [0.5, 0.6) is 5.75 Å². The molecule has 3 N–H and O–H groups in total. The fraction of sp³-hybridized carbons (Fsp3) is 0.632. The van der Waals surface area contributed by atoms with Crippen LogP contribution in [0.3, 0.4) is 0 Å². The Bertz CT molecular complexity index is 543. The summed E-state index contributed by atoms with van der Waals surface area (Å²) in [7, 11) is 0. The highest BCUT2D eigenvalue weighted by molar-refractivity contribution is 5.76. The highest BCUT2D eigenvalue weighted by Crippen LogP contribution is 2.24. The zero-order chi connectivity index (χ0) is 16.8. The van der Waals surface area contributed by atoms with Crippen molar-refractivity contribution in [1.82, 2.24) is 16.2 Å². The number of carbonyl (C=O) groups excluding carboxylic acids is 1. The van der Waals surface area contributed by atoms with Crippen molar-refractivity contribution < 1.29 is 9.53 Å². The number of rotatable bonds is 7. The highest BCUT2D eigenvalue weighted by atomic mass is 16.5. The van der Waals surface area contributed by atoms with E-state index in [1.54, 1.807) is 0 Å². The zero-order valence-electron chi connectivity index (χ0n) is 14.5. The average Bonchev–Trinajstić information content (AvgIpc) is 3.23. The van der Waals surface area contributed by atoms with E-state index in [-0.39, 0.29) is 5.91 Å². The third-order valence-electron chi connectivity index (χ3n) is 5.11. The van der Waals surface area contributed by atoms with E-state index in [0.29, 0.717) is 24.5 Å². The van der Waals surface area contributed by atoms with Crippen molar-refractivity contribution in [3.05, 3.63) is 29.8 Å². The topological polar surface area (TPSA) is 62.4 Å². The minimum Gasteiger partial charge on any atom is -0.490 e. The summed E-state index contributed by atoms with van der Waals surface area (Å²) in [4.78, 5) is 12.1. The molecule has 1 saturated heterocycles. The summed E-state index contributed by atoms with van der Waals surface area (Å²) in [6, 6.07) is 8.59. The van der Waals surface area contributed by atoms with Crippen LogP contribution in [-0.2, 0) is 11.2 Å². The van der Waals surface area contributed by atoms with E-state index < -0.39 is 0 Å². The van der Waals surface area contributed by atoms with Gasteiger partial charge in [-0.1, -0.05) is 12.1 Å². The van der Waals surface area contributed by atoms with Crippen LogP contribution in [0, 0.1) is 5.92 Å². The fourth-order valence-corrected chi connectivity index (χ4v) is 3.46. The van der Waals surface area contributed by atoms with Crippen LogP contribution in [0.2, 0.25) is 0 Å². The van der Waals surface area contributed by atoms with Gasteiger partial charge in [-0.25, -0.2) is 0 Å². The lowest BCUT2D eigenvalue weighted by Gasteiger charge is -2.15. The van der Waals surface area contributed by atoms with Crippen molar-refractivity contribution in [1.29, 1.82) is 0 Å². The van der Waals surface area contributed by atoms with Crippen LogP contribution < -0.4 is 20.9 Å². The first-order valence-corrected chi connectivity index (χ1v) is 9.21. The van der Waals surface area contributed by atoms with Gasteiger partial charge < -0.3 is 10.1 Å². The molecule has 3 rings (SSSR count). The molecule has 1 aromatic rings. The number of hydrogen-bond donors (Lipinski definition) is 3. The summed E-state index contributed by atoms with van der Waals surface area (Å²) in [5.74, 6) is 1.52. The maximum atomic E-state index is 12.1. The van der Waals surface area contributed by atoms with Gasteiger partial charge in [0, 0.05) is 31.5 Å². The smallest absolute Gasteiger partial charge is 0.220 e. The number of ether oxygens (including phenoxy) is 1. The maximum absolute atomic E-state index is 12.1. The first-order valence-electron chi connectivity index (χ1n) is 9.21. The van der Waals surface area contributed by atoms with Crippen LogP contribution in [0.25, 0.3) is 0 Å². The van der Waals surface area contributed by atoms with E-state index in [2.05, 4.69) is 35.2 Å². The Labute approximate surface area is 144 Å². The van der Waals surface area contributed by atoms with Crippen molar-refractivity contribution >= 4 is 5.91 Å². The van der Waals surface area contributed by atoms with E-state index in [0.717, 1.165) is 38.1 Å². The molecule has 0 aromatic heterocycles. The first kappa shape index (κ1) is 17.2. The molecule has 1 aromatic carbocycles. The summed E-state index contributed by atoms with van der Waals surface area (Å²) >= 11 is 0. The number of carbonyl (C=O) groups is 1. The van der Waals surface area contributed by atoms with Gasteiger partial charge in [0.15, 0.2) is 0 Å². The number of amides is 1. The molecule has 1 saturated carbocycles. The molecule has 2 aliphatic rings. The number of hydrazine groups is 1. The maximum Gasteiger partial charge on any atom is 0.220 e. The Balaban J connectivity index is 1.41. The molecule has 132 valence electrons. The lowest BCUT2D eigenvalue weighted by molar-refractivity contribution is -0.121. The third-order valence-corrected chi connectivity index (χ3v) is 5.11. The van der Waals surface area contributed by atoms with Crippen LogP contribution >= 0.6 is 0 Å². The van der Waals surface area contributed by atoms with Gasteiger partial charge in [-0.2, -0.15) is 0 Å². The molecule has 5 heteroatoms. The summed E-state index contributed by atoms with van der Waals surface area (Å²) in [6.45, 7) is 3.76. The third kappa shape index (κ3) is 4.95. The van der Waals surface area contributed by atoms with Crippen LogP contribution in [0.4, 0.5) is 0 Å². The SMILES string of the molecule is CC1NNCC1CNC(=O)CCc1cccc(OC2CCCC2)c1. The van der Waals surface area contributed by atoms with E-state index in [1.807, 2.05) is 12.1 Å². The molecule has 2 atom stereocenters. The molecule has 1 amide bonds. The molecule has 1 aliphatic heterocycles. The molecule has 1 aliphatic carbocycles. The van der Waals surface area contributed by atoms with Crippen molar-refractivity contribution in [2.24, 2.45) is 5.92 Å². The first-order chi connectivity index (χ1) is 11.7. The second kappa shape index (κ2) is 8.49. The molecule has 5 nitrogen and oxygen atoms in total. The molecule has 0 spiro atoms. The largest absolute Gasteiger partial charge is 0.490 e. The van der Waals surface area contributed by atoms with Gasteiger partial charge in [-0.15, -0.1) is 0 Å². The van der Waals surface area contributed by atoms with Gasteiger partial charge in [0.2, 0.25) is 5.91 Å². The van der Waals surface area contributed by atoms with Gasteiger partial charge in [-0.05, 0) is 56.7 Å². The van der Waals surface area contributed by atoms with Gasteiger partial charge in [0.1, 0.15) is 5.75 Å². The number of aryl methyl sites for hydroxylation is 1.